The van der Waals surface area contributed by atoms with Crippen LogP contribution in [0, 0.1) is 11.3 Å². The second kappa shape index (κ2) is 8.16. The van der Waals surface area contributed by atoms with Crippen molar-refractivity contribution in [1.82, 2.24) is 9.78 Å². The summed E-state index contributed by atoms with van der Waals surface area (Å²) in [6, 6.07) is 20.9. The lowest BCUT2D eigenvalue weighted by molar-refractivity contribution is -0.0498. The summed E-state index contributed by atoms with van der Waals surface area (Å²) in [5.41, 5.74) is 8.71. The summed E-state index contributed by atoms with van der Waals surface area (Å²) in [5, 5.41) is 14.6. The highest BCUT2D eigenvalue weighted by molar-refractivity contribution is 5.69. The van der Waals surface area contributed by atoms with E-state index in [1.165, 1.54) is 18.4 Å². The average molecular weight is 446 g/mol. The summed E-state index contributed by atoms with van der Waals surface area (Å²) in [4.78, 5) is 0. The van der Waals surface area contributed by atoms with Crippen molar-refractivity contribution < 1.29 is 22.7 Å². The first-order chi connectivity index (χ1) is 16.1. The van der Waals surface area contributed by atoms with E-state index in [0.717, 1.165) is 5.69 Å². The van der Waals surface area contributed by atoms with E-state index < -0.39 is 12.5 Å². The smallest absolute Gasteiger partial charge is 0.387 e. The van der Waals surface area contributed by atoms with Crippen molar-refractivity contribution >= 4 is 0 Å². The molecule has 2 aromatic heterocycles. The van der Waals surface area contributed by atoms with Crippen LogP contribution in [0.25, 0.3) is 17.1 Å². The second-order valence-corrected chi connectivity index (χ2v) is 7.16. The Balaban J connectivity index is 1.73. The molecule has 0 fully saturated rings. The van der Waals surface area contributed by atoms with E-state index in [-0.39, 0.29) is 17.2 Å². The standard InChI is InChI=1S/C24H16F2N4O3/c25-24(26)32-16-10-8-14(9-11-16)19-17(13-27)22(28)33-23-20(19)21(18-7-4-12-31-18)29-30(23)15-5-2-1-3-6-15/h1-12,19,24H,28H2. The Morgan fingerprint density at radius 1 is 1.06 bits per heavy atom. The number of fused-ring (bicyclic) bond motifs is 1. The molecule has 3 heterocycles. The molecule has 1 aliphatic rings. The molecule has 2 aromatic carbocycles. The minimum atomic E-state index is -2.94. The number of nitrogens with two attached hydrogens (primary N) is 1. The first-order valence-electron chi connectivity index (χ1n) is 9.91. The van der Waals surface area contributed by atoms with Crippen molar-refractivity contribution in [3.8, 4) is 34.8 Å². The molecule has 0 spiro atoms. The van der Waals surface area contributed by atoms with Crippen LogP contribution in [0.1, 0.15) is 17.0 Å². The average Bonchev–Trinajstić information content (AvgIpc) is 3.47. The molecule has 33 heavy (non-hydrogen) atoms. The van der Waals surface area contributed by atoms with Crippen molar-refractivity contribution in [2.75, 3.05) is 0 Å². The lowest BCUT2D eigenvalue weighted by Gasteiger charge is -2.25. The zero-order chi connectivity index (χ0) is 22.9. The van der Waals surface area contributed by atoms with Gasteiger partial charge in [-0.3, -0.25) is 0 Å². The number of aromatic nitrogens is 2. The summed E-state index contributed by atoms with van der Waals surface area (Å²) >= 11 is 0. The van der Waals surface area contributed by atoms with Gasteiger partial charge in [0.15, 0.2) is 5.76 Å². The van der Waals surface area contributed by atoms with E-state index in [2.05, 4.69) is 10.8 Å². The Hall–Kier alpha value is -4.58. The van der Waals surface area contributed by atoms with Gasteiger partial charge >= 0.3 is 6.61 Å². The van der Waals surface area contributed by atoms with E-state index in [9.17, 15) is 14.0 Å². The zero-order valence-corrected chi connectivity index (χ0v) is 17.0. The van der Waals surface area contributed by atoms with Crippen molar-refractivity contribution in [2.24, 2.45) is 5.73 Å². The predicted octanol–water partition coefficient (Wildman–Crippen LogP) is 4.95. The molecule has 1 atom stereocenters. The molecule has 1 aliphatic heterocycles. The van der Waals surface area contributed by atoms with E-state index in [0.29, 0.717) is 28.5 Å². The third-order valence-corrected chi connectivity index (χ3v) is 5.24. The lowest BCUT2D eigenvalue weighted by Crippen LogP contribution is -2.22. The first kappa shape index (κ1) is 20.3. The van der Waals surface area contributed by atoms with Crippen LogP contribution in [0.15, 0.2) is 88.9 Å². The van der Waals surface area contributed by atoms with Gasteiger partial charge in [0, 0.05) is 0 Å². The Kier molecular flexibility index (Phi) is 5.03. The summed E-state index contributed by atoms with van der Waals surface area (Å²) in [6.45, 7) is -2.94. The highest BCUT2D eigenvalue weighted by Crippen LogP contribution is 2.47. The number of hydrogen-bond donors (Lipinski definition) is 1. The molecule has 9 heteroatoms. The number of alkyl halides is 2. The van der Waals surface area contributed by atoms with Crippen molar-refractivity contribution in [3.05, 3.63) is 95.6 Å². The molecule has 0 bridgehead atoms. The SMILES string of the molecule is N#CC1=C(N)Oc2c(c(-c3ccco3)nn2-c2ccccc2)C1c1ccc(OC(F)F)cc1. The van der Waals surface area contributed by atoms with Gasteiger partial charge in [-0.05, 0) is 42.0 Å². The monoisotopic (exact) mass is 446 g/mol. The molecule has 4 aromatic rings. The molecule has 0 radical (unpaired) electrons. The highest BCUT2D eigenvalue weighted by atomic mass is 19.3. The number of halogens is 2. The molecule has 0 saturated carbocycles. The summed E-state index contributed by atoms with van der Waals surface area (Å²) in [7, 11) is 0. The third-order valence-electron chi connectivity index (χ3n) is 5.24. The van der Waals surface area contributed by atoms with E-state index >= 15 is 0 Å². The maximum Gasteiger partial charge on any atom is 0.387 e. The van der Waals surface area contributed by atoms with Gasteiger partial charge in [-0.2, -0.15) is 23.8 Å². The van der Waals surface area contributed by atoms with Crippen LogP contribution in [0.4, 0.5) is 8.78 Å². The maximum atomic E-state index is 12.6. The van der Waals surface area contributed by atoms with Crippen LogP contribution in [0.5, 0.6) is 11.6 Å². The Labute approximate surface area is 186 Å². The number of hydrogen-bond acceptors (Lipinski definition) is 6. The lowest BCUT2D eigenvalue weighted by atomic mass is 9.83. The van der Waals surface area contributed by atoms with Gasteiger partial charge in [-0.25, -0.2) is 0 Å². The predicted molar refractivity (Wildman–Crippen MR) is 114 cm³/mol. The summed E-state index contributed by atoms with van der Waals surface area (Å²) < 4.78 is 42.7. The van der Waals surface area contributed by atoms with Crippen LogP contribution in [0.2, 0.25) is 0 Å². The van der Waals surface area contributed by atoms with Crippen LogP contribution in [-0.4, -0.2) is 16.4 Å². The topological polar surface area (TPSA) is 99.2 Å². The Morgan fingerprint density at radius 2 is 1.82 bits per heavy atom. The number of para-hydroxylation sites is 1. The van der Waals surface area contributed by atoms with Gasteiger partial charge in [0.25, 0.3) is 0 Å². The molecule has 0 amide bonds. The molecule has 7 nitrogen and oxygen atoms in total. The minimum Gasteiger partial charge on any atom is -0.463 e. The fraction of sp³-hybridized carbons (Fsp3) is 0.0833. The van der Waals surface area contributed by atoms with Crippen LogP contribution in [-0.2, 0) is 0 Å². The molecule has 2 N–H and O–H groups in total. The molecule has 0 saturated heterocycles. The van der Waals surface area contributed by atoms with Gasteiger partial charge in [0.2, 0.25) is 11.8 Å². The largest absolute Gasteiger partial charge is 0.463 e. The van der Waals surface area contributed by atoms with Gasteiger partial charge in [0.05, 0.1) is 23.4 Å². The van der Waals surface area contributed by atoms with Crippen LogP contribution < -0.4 is 15.2 Å². The number of rotatable bonds is 5. The molecule has 0 aliphatic carbocycles. The molecule has 164 valence electrons. The van der Waals surface area contributed by atoms with E-state index in [1.807, 2.05) is 30.3 Å². The number of nitrogens with zero attached hydrogens (tertiary/aromatic N) is 3. The Morgan fingerprint density at radius 3 is 2.45 bits per heavy atom. The van der Waals surface area contributed by atoms with Gasteiger partial charge in [0.1, 0.15) is 23.1 Å². The van der Waals surface area contributed by atoms with E-state index in [1.54, 1.807) is 28.9 Å². The van der Waals surface area contributed by atoms with Crippen molar-refractivity contribution in [3.63, 3.8) is 0 Å². The van der Waals surface area contributed by atoms with Crippen LogP contribution >= 0.6 is 0 Å². The zero-order valence-electron chi connectivity index (χ0n) is 17.0. The fourth-order valence-electron chi connectivity index (χ4n) is 3.85. The quantitative estimate of drug-likeness (QED) is 0.466. The number of furan rings is 1. The van der Waals surface area contributed by atoms with Gasteiger partial charge < -0.3 is 19.6 Å². The summed E-state index contributed by atoms with van der Waals surface area (Å²) in [5.74, 6) is 0.0811. The second-order valence-electron chi connectivity index (χ2n) is 7.16. The van der Waals surface area contributed by atoms with E-state index in [4.69, 9.17) is 20.0 Å². The maximum absolute atomic E-state index is 12.6. The van der Waals surface area contributed by atoms with Crippen molar-refractivity contribution in [1.29, 1.82) is 5.26 Å². The third kappa shape index (κ3) is 3.57. The van der Waals surface area contributed by atoms with Gasteiger partial charge in [-0.15, -0.1) is 0 Å². The molecule has 1 unspecified atom stereocenters. The molecular weight excluding hydrogens is 430 g/mol. The number of benzene rings is 2. The fourth-order valence-corrected chi connectivity index (χ4v) is 3.85. The highest BCUT2D eigenvalue weighted by Gasteiger charge is 2.38. The normalized spacial score (nSPS) is 15.2. The van der Waals surface area contributed by atoms with Crippen LogP contribution in [0.3, 0.4) is 0 Å². The van der Waals surface area contributed by atoms with Crippen molar-refractivity contribution in [2.45, 2.75) is 12.5 Å². The molecule has 5 rings (SSSR count). The number of allylic oxidation sites excluding steroid dienone is 1. The minimum absolute atomic E-state index is 0.00253. The van der Waals surface area contributed by atoms with Gasteiger partial charge in [-0.1, -0.05) is 30.3 Å². The number of nitriles is 1. The molecular formula is C24H16F2N4O3. The Bertz CT molecular complexity index is 1360. The first-order valence-corrected chi connectivity index (χ1v) is 9.91. The number of ether oxygens (including phenoxy) is 2. The summed E-state index contributed by atoms with van der Waals surface area (Å²) in [6.07, 6.45) is 1.52.